The van der Waals surface area contributed by atoms with Gasteiger partial charge in [-0.1, -0.05) is 53.4 Å². The highest BCUT2D eigenvalue weighted by Gasteiger charge is 2.39. The Bertz CT molecular complexity index is 2510. The number of amides is 3. The molecule has 12 nitrogen and oxygen atoms in total. The van der Waals surface area contributed by atoms with Crippen LogP contribution in [0.2, 0.25) is 0 Å². The van der Waals surface area contributed by atoms with Crippen LogP contribution in [-0.4, -0.2) is 83.7 Å². The average molecular weight is 754 g/mol. The highest BCUT2D eigenvalue weighted by molar-refractivity contribution is 7.90. The summed E-state index contributed by atoms with van der Waals surface area (Å²) < 4.78 is 72.6. The van der Waals surface area contributed by atoms with Crippen molar-refractivity contribution in [3.8, 4) is 11.1 Å². The number of halogens is 3. The van der Waals surface area contributed by atoms with Gasteiger partial charge in [0.2, 0.25) is 17.6 Å². The first-order valence-electron chi connectivity index (χ1n) is 17.0. The van der Waals surface area contributed by atoms with Crippen LogP contribution in [-0.2, 0) is 26.3 Å². The number of hydrogen-bond acceptors (Lipinski definition) is 7. The number of carbonyl (C=O) groups is 4. The number of hydrogen-bond donors (Lipinski definition) is 3. The topological polar surface area (TPSA) is 162 Å². The lowest BCUT2D eigenvalue weighted by Crippen LogP contribution is -2.52. The summed E-state index contributed by atoms with van der Waals surface area (Å²) >= 11 is 0. The van der Waals surface area contributed by atoms with E-state index in [-0.39, 0.29) is 60.8 Å². The highest BCUT2D eigenvalue weighted by Crippen LogP contribution is 2.31. The summed E-state index contributed by atoms with van der Waals surface area (Å²) in [7, 11) is -2.48. The van der Waals surface area contributed by atoms with Crippen LogP contribution in [0.3, 0.4) is 0 Å². The van der Waals surface area contributed by atoms with Crippen LogP contribution in [0, 0.1) is 11.6 Å². The molecule has 0 bridgehead atoms. The molecule has 273 valence electrons. The molecule has 3 aliphatic rings. The van der Waals surface area contributed by atoms with Gasteiger partial charge in [-0.3, -0.25) is 29.2 Å². The van der Waals surface area contributed by atoms with Crippen molar-refractivity contribution in [2.45, 2.75) is 38.0 Å². The molecule has 0 spiro atoms. The normalized spacial score (nSPS) is 18.9. The molecule has 0 saturated carbocycles. The van der Waals surface area contributed by atoms with Crippen LogP contribution in [0.5, 0.6) is 0 Å². The Morgan fingerprint density at radius 3 is 2.48 bits per heavy atom. The number of H-pyrrole nitrogens is 1. The summed E-state index contributed by atoms with van der Waals surface area (Å²) in [5, 5.41) is 2.58. The van der Waals surface area contributed by atoms with Crippen molar-refractivity contribution in [3.63, 3.8) is 0 Å². The number of rotatable bonds is 9. The maximum absolute atomic E-state index is 15.7. The van der Waals surface area contributed by atoms with Gasteiger partial charge in [-0.2, -0.15) is 12.7 Å². The van der Waals surface area contributed by atoms with Crippen LogP contribution in [0.4, 0.5) is 18.9 Å². The van der Waals surface area contributed by atoms with Gasteiger partial charge >= 0.3 is 10.2 Å². The number of pyridine rings is 1. The molecular weight excluding hydrogens is 724 g/mol. The van der Waals surface area contributed by atoms with Gasteiger partial charge in [-0.05, 0) is 42.2 Å². The maximum Gasteiger partial charge on any atom is 0.301 e. The molecule has 0 aliphatic carbocycles. The molecule has 2 atom stereocenters. The van der Waals surface area contributed by atoms with Gasteiger partial charge in [0, 0.05) is 60.5 Å². The third kappa shape index (κ3) is 6.42. The number of aromatic amines is 1. The average Bonchev–Trinajstić information content (AvgIpc) is 3.87. The van der Waals surface area contributed by atoms with Gasteiger partial charge in [0.05, 0.1) is 11.3 Å². The van der Waals surface area contributed by atoms with Crippen molar-refractivity contribution in [2.75, 3.05) is 17.8 Å². The van der Waals surface area contributed by atoms with Gasteiger partial charge in [0.25, 0.3) is 5.91 Å². The van der Waals surface area contributed by atoms with Gasteiger partial charge in [-0.25, -0.2) is 18.2 Å². The zero-order chi connectivity index (χ0) is 37.9. The van der Waals surface area contributed by atoms with Crippen LogP contribution >= 0.6 is 0 Å². The van der Waals surface area contributed by atoms with E-state index in [0.29, 0.717) is 11.1 Å². The summed E-state index contributed by atoms with van der Waals surface area (Å²) in [6, 6.07) is 15.4. The van der Waals surface area contributed by atoms with Gasteiger partial charge in [0.1, 0.15) is 23.7 Å². The molecule has 2 aromatic heterocycles. The number of imide groups is 1. The van der Waals surface area contributed by atoms with Gasteiger partial charge < -0.3 is 9.88 Å². The van der Waals surface area contributed by atoms with Crippen LogP contribution in [0.15, 0.2) is 73.1 Å². The quantitative estimate of drug-likeness (QED) is 0.119. The zero-order valence-electron chi connectivity index (χ0n) is 28.2. The van der Waals surface area contributed by atoms with E-state index in [9.17, 15) is 32.0 Å². The number of aromatic nitrogens is 2. The van der Waals surface area contributed by atoms with E-state index in [1.54, 1.807) is 18.3 Å². The molecule has 8 rings (SSSR count). The molecule has 1 radical (unpaired) electrons. The third-order valence-electron chi connectivity index (χ3n) is 9.90. The fourth-order valence-electron chi connectivity index (χ4n) is 7.06. The SMILES string of the molecule is O=C1CCC(N2Cc3ccc([B]c4ccc(-c5cnc6[nH]cc(C(=O)c7c(F)ccc(NS(=O)(=O)N8CC[C@@H](F)C8)c7F)c6c5)cc4)cc3C2=O)C(=O)N1. The first-order chi connectivity index (χ1) is 25.9. The van der Waals surface area contributed by atoms with Crippen molar-refractivity contribution < 1.29 is 40.8 Å². The van der Waals surface area contributed by atoms with Crippen LogP contribution < -0.4 is 21.0 Å². The molecule has 3 aliphatic heterocycles. The van der Waals surface area contributed by atoms with E-state index in [4.69, 9.17) is 0 Å². The predicted octanol–water partition coefficient (Wildman–Crippen LogP) is 2.86. The Balaban J connectivity index is 0.997. The number of ketones is 1. The Labute approximate surface area is 307 Å². The molecule has 17 heteroatoms. The Morgan fingerprint density at radius 2 is 1.74 bits per heavy atom. The molecule has 54 heavy (non-hydrogen) atoms. The lowest BCUT2D eigenvalue weighted by atomic mass is 9.63. The summed E-state index contributed by atoms with van der Waals surface area (Å²) in [5.41, 5.74) is 2.74. The largest absolute Gasteiger partial charge is 0.345 e. The minimum Gasteiger partial charge on any atom is -0.345 e. The number of piperidine rings is 1. The molecular formula is C37H29BF3N6O6S. The smallest absolute Gasteiger partial charge is 0.301 e. The highest BCUT2D eigenvalue weighted by atomic mass is 32.2. The Hall–Kier alpha value is -5.81. The second-order valence-corrected chi connectivity index (χ2v) is 15.0. The van der Waals surface area contributed by atoms with E-state index in [1.807, 2.05) is 48.4 Å². The first kappa shape index (κ1) is 35.2. The second-order valence-electron chi connectivity index (χ2n) is 13.4. The summed E-state index contributed by atoms with van der Waals surface area (Å²) in [6.45, 7) is -0.231. The predicted molar refractivity (Wildman–Crippen MR) is 192 cm³/mol. The summed E-state index contributed by atoms with van der Waals surface area (Å²) in [4.78, 5) is 59.6. The lowest BCUT2D eigenvalue weighted by Gasteiger charge is -2.29. The van der Waals surface area contributed by atoms with E-state index >= 15 is 8.78 Å². The number of carbonyl (C=O) groups excluding carboxylic acids is 4. The summed E-state index contributed by atoms with van der Waals surface area (Å²) in [6.07, 6.45) is 1.93. The Morgan fingerprint density at radius 1 is 0.963 bits per heavy atom. The fourth-order valence-corrected chi connectivity index (χ4v) is 8.33. The monoisotopic (exact) mass is 753 g/mol. The fraction of sp³-hybridized carbons (Fsp3) is 0.216. The molecule has 2 saturated heterocycles. The van der Waals surface area contributed by atoms with Gasteiger partial charge in [-0.15, -0.1) is 0 Å². The number of fused-ring (bicyclic) bond motifs is 2. The molecule has 5 aromatic rings. The van der Waals surface area contributed by atoms with Crippen LogP contribution in [0.1, 0.15) is 51.1 Å². The van der Waals surface area contributed by atoms with Crippen molar-refractivity contribution in [1.29, 1.82) is 0 Å². The molecule has 3 amide bonds. The lowest BCUT2D eigenvalue weighted by molar-refractivity contribution is -0.136. The minimum atomic E-state index is -4.37. The molecule has 5 heterocycles. The number of alkyl halides is 1. The number of anilines is 1. The Kier molecular flexibility index (Phi) is 8.85. The first-order valence-corrected chi connectivity index (χ1v) is 18.4. The van der Waals surface area contributed by atoms with E-state index in [1.165, 1.54) is 11.1 Å². The third-order valence-corrected chi connectivity index (χ3v) is 11.4. The minimum absolute atomic E-state index is 0.00981. The number of nitrogens with zero attached hydrogens (tertiary/aromatic N) is 3. The maximum atomic E-state index is 15.7. The number of benzene rings is 3. The second kappa shape index (κ2) is 13.6. The van der Waals surface area contributed by atoms with Crippen molar-refractivity contribution in [1.82, 2.24) is 24.5 Å². The zero-order valence-corrected chi connectivity index (χ0v) is 29.1. The van der Waals surface area contributed by atoms with E-state index < -0.39 is 63.5 Å². The van der Waals surface area contributed by atoms with E-state index in [2.05, 4.69) is 15.3 Å². The van der Waals surface area contributed by atoms with Crippen molar-refractivity contribution in [3.05, 3.63) is 107 Å². The van der Waals surface area contributed by atoms with Crippen molar-refractivity contribution in [2.24, 2.45) is 0 Å². The summed E-state index contributed by atoms with van der Waals surface area (Å²) in [5.74, 6) is -4.74. The van der Waals surface area contributed by atoms with Crippen LogP contribution in [0.25, 0.3) is 22.2 Å². The molecule has 2 fully saturated rings. The number of nitrogens with one attached hydrogen (secondary N) is 3. The van der Waals surface area contributed by atoms with Gasteiger partial charge in [0.15, 0.2) is 13.1 Å². The molecule has 1 unspecified atom stereocenters. The molecule has 3 N–H and O–H groups in total. The molecule has 3 aromatic carbocycles. The van der Waals surface area contributed by atoms with E-state index in [0.717, 1.165) is 38.5 Å². The standard InChI is InChI=1S/C37H29BF3N6O6S/c39-24-11-12-46(18-24)54(52,53)45-29-8-7-28(40)32(33(29)41)34(49)27-16-43-35-26(27)13-21(15-42-35)19-1-4-22(5-2-19)38-23-6-3-20-17-47(37(51)25(20)14-23)30-9-10-31(48)44-36(30)50/h1-8,13-16,24,30,45H,9-12,17-18H2,(H,42,43)(H,44,48,50)/t24-,30?/m1/s1. The van der Waals surface area contributed by atoms with Crippen molar-refractivity contribution >= 4 is 68.6 Å².